The Bertz CT molecular complexity index is 1040. The predicted octanol–water partition coefficient (Wildman–Crippen LogP) is 5.34. The number of benzene rings is 1. The summed E-state index contributed by atoms with van der Waals surface area (Å²) < 4.78 is 31.8. The molecule has 226 valence electrons. The zero-order chi connectivity index (χ0) is 31.0. The zero-order valence-electron chi connectivity index (χ0n) is 25.5. The Balaban J connectivity index is 2.99. The van der Waals surface area contributed by atoms with Gasteiger partial charge in [-0.25, -0.2) is 9.59 Å². The third-order valence-electron chi connectivity index (χ3n) is 5.57. The molecule has 0 fully saturated rings. The van der Waals surface area contributed by atoms with Crippen molar-refractivity contribution < 1.29 is 47.6 Å². The second-order valence-corrected chi connectivity index (χ2v) is 12.0. The van der Waals surface area contributed by atoms with Crippen molar-refractivity contribution in [1.82, 2.24) is 0 Å². The fraction of sp³-hybridized carbons (Fsp3) is 0.655. The Labute approximate surface area is 236 Å². The van der Waals surface area contributed by atoms with Crippen LogP contribution in [0.5, 0.6) is 11.5 Å². The minimum Gasteiger partial charge on any atom is -0.459 e. The van der Waals surface area contributed by atoms with E-state index in [-0.39, 0.29) is 35.7 Å². The van der Waals surface area contributed by atoms with Crippen LogP contribution < -0.4 is 15.2 Å². The van der Waals surface area contributed by atoms with E-state index >= 15 is 0 Å². The topological polar surface area (TPSA) is 150 Å². The number of carbonyl (C=O) groups is 4. The Morgan fingerprint density at radius 3 is 1.62 bits per heavy atom. The van der Waals surface area contributed by atoms with E-state index in [0.29, 0.717) is 5.56 Å². The van der Waals surface area contributed by atoms with Gasteiger partial charge < -0.3 is 34.2 Å². The lowest BCUT2D eigenvalue weighted by Crippen LogP contribution is -2.40. The van der Waals surface area contributed by atoms with Crippen LogP contribution in [-0.4, -0.2) is 53.7 Å². The molecule has 1 rings (SSSR count). The number of nitrogens with two attached hydrogens (primary N) is 1. The standard InChI is InChI=1S/C29H45NO10/c1-16(2)17(3)24(31)35-18(4)19(5)36-25(32)21(30)14-20-12-13-22(37-26(33)39-28(6,7)8)23(15-20)38-27(34)40-29(9,10)11/h12-13,15-19,21H,14,30H2,1-11H3/t17?,18-,19-,21-/m0/s1. The molecule has 0 aliphatic heterocycles. The smallest absolute Gasteiger partial charge is 0.459 e. The van der Waals surface area contributed by atoms with E-state index < -0.39 is 47.7 Å². The number of esters is 2. The average Bonchev–Trinajstić information content (AvgIpc) is 2.77. The lowest BCUT2D eigenvalue weighted by atomic mass is 9.98. The first-order valence-electron chi connectivity index (χ1n) is 13.3. The molecule has 4 atom stereocenters. The summed E-state index contributed by atoms with van der Waals surface area (Å²) in [6, 6.07) is 3.25. The molecule has 11 heteroatoms. The van der Waals surface area contributed by atoms with Gasteiger partial charge in [0.2, 0.25) is 0 Å². The number of rotatable bonds is 10. The van der Waals surface area contributed by atoms with Gasteiger partial charge >= 0.3 is 24.2 Å². The molecule has 0 saturated heterocycles. The quantitative estimate of drug-likeness (QED) is 0.222. The third-order valence-corrected chi connectivity index (χ3v) is 5.57. The van der Waals surface area contributed by atoms with Gasteiger partial charge in [0, 0.05) is 0 Å². The number of hydrogen-bond acceptors (Lipinski definition) is 11. The molecule has 0 aromatic heterocycles. The molecule has 0 saturated carbocycles. The molecule has 0 aliphatic carbocycles. The first-order valence-corrected chi connectivity index (χ1v) is 13.3. The maximum Gasteiger partial charge on any atom is 0.514 e. The van der Waals surface area contributed by atoms with Gasteiger partial charge in [0.25, 0.3) is 0 Å². The van der Waals surface area contributed by atoms with Crippen LogP contribution in [0.15, 0.2) is 18.2 Å². The van der Waals surface area contributed by atoms with Gasteiger partial charge in [0.15, 0.2) is 11.5 Å². The highest BCUT2D eigenvalue weighted by Gasteiger charge is 2.28. The molecule has 11 nitrogen and oxygen atoms in total. The second-order valence-electron chi connectivity index (χ2n) is 12.0. The lowest BCUT2D eigenvalue weighted by Gasteiger charge is -2.24. The summed E-state index contributed by atoms with van der Waals surface area (Å²) in [7, 11) is 0. The molecule has 0 amide bonds. The van der Waals surface area contributed by atoms with Crippen molar-refractivity contribution in [3.05, 3.63) is 23.8 Å². The summed E-state index contributed by atoms with van der Waals surface area (Å²) in [5.41, 5.74) is 4.93. The van der Waals surface area contributed by atoms with Crippen LogP contribution in [0.4, 0.5) is 9.59 Å². The van der Waals surface area contributed by atoms with E-state index in [1.165, 1.54) is 12.1 Å². The van der Waals surface area contributed by atoms with Crippen molar-refractivity contribution >= 4 is 24.2 Å². The van der Waals surface area contributed by atoms with Crippen LogP contribution in [0.2, 0.25) is 0 Å². The SMILES string of the molecule is CC(C)C(C)C(=O)O[C@@H](C)[C@H](C)OC(=O)[C@@H](N)Cc1ccc(OC(=O)OC(C)(C)C)c(OC(=O)OC(C)(C)C)c1. The van der Waals surface area contributed by atoms with E-state index in [0.717, 1.165) is 0 Å². The molecule has 0 heterocycles. The molecule has 1 unspecified atom stereocenters. The van der Waals surface area contributed by atoms with Crippen LogP contribution in [0.3, 0.4) is 0 Å². The van der Waals surface area contributed by atoms with Gasteiger partial charge in [0.05, 0.1) is 5.92 Å². The van der Waals surface area contributed by atoms with Gasteiger partial charge in [0.1, 0.15) is 29.5 Å². The summed E-state index contributed by atoms with van der Waals surface area (Å²) in [6.07, 6.45) is -3.44. The minimum atomic E-state index is -1.09. The first kappa shape index (κ1) is 34.7. The molecule has 0 aliphatic rings. The van der Waals surface area contributed by atoms with Crippen LogP contribution >= 0.6 is 0 Å². The highest BCUT2D eigenvalue weighted by Crippen LogP contribution is 2.31. The average molecular weight is 568 g/mol. The van der Waals surface area contributed by atoms with Gasteiger partial charge in [-0.2, -0.15) is 0 Å². The highest BCUT2D eigenvalue weighted by atomic mass is 16.8. The monoisotopic (exact) mass is 567 g/mol. The zero-order valence-corrected chi connectivity index (χ0v) is 25.5. The van der Waals surface area contributed by atoms with Gasteiger partial charge in [-0.3, -0.25) is 9.59 Å². The molecular formula is C29H45NO10. The second kappa shape index (κ2) is 14.3. The Morgan fingerprint density at radius 2 is 1.18 bits per heavy atom. The van der Waals surface area contributed by atoms with Crippen molar-refractivity contribution in [2.24, 2.45) is 17.6 Å². The molecule has 0 bridgehead atoms. The van der Waals surface area contributed by atoms with Crippen LogP contribution in [0.1, 0.15) is 81.7 Å². The van der Waals surface area contributed by atoms with E-state index in [4.69, 9.17) is 34.2 Å². The summed E-state index contributed by atoms with van der Waals surface area (Å²) >= 11 is 0. The number of ether oxygens (including phenoxy) is 6. The molecule has 1 aromatic rings. The van der Waals surface area contributed by atoms with Gasteiger partial charge in [-0.15, -0.1) is 0 Å². The third kappa shape index (κ3) is 12.7. The minimum absolute atomic E-state index is 0.00149. The molecule has 0 spiro atoms. The summed E-state index contributed by atoms with van der Waals surface area (Å²) in [6.45, 7) is 18.9. The van der Waals surface area contributed by atoms with E-state index in [9.17, 15) is 19.2 Å². The molecular weight excluding hydrogens is 522 g/mol. The number of carbonyl (C=O) groups excluding carboxylic acids is 4. The van der Waals surface area contributed by atoms with Crippen molar-refractivity contribution in [2.45, 2.75) is 112 Å². The van der Waals surface area contributed by atoms with Gasteiger partial charge in [-0.1, -0.05) is 26.8 Å². The number of hydrogen-bond donors (Lipinski definition) is 1. The first-order chi connectivity index (χ1) is 18.2. The van der Waals surface area contributed by atoms with Crippen molar-refractivity contribution in [1.29, 1.82) is 0 Å². The van der Waals surface area contributed by atoms with Gasteiger partial charge in [-0.05, 0) is 85.4 Å². The van der Waals surface area contributed by atoms with Crippen LogP contribution in [0.25, 0.3) is 0 Å². The van der Waals surface area contributed by atoms with Crippen molar-refractivity contribution in [3.63, 3.8) is 0 Å². The van der Waals surface area contributed by atoms with E-state index in [1.807, 2.05) is 13.8 Å². The predicted molar refractivity (Wildman–Crippen MR) is 147 cm³/mol. The van der Waals surface area contributed by atoms with Crippen LogP contribution in [-0.2, 0) is 35.0 Å². The molecule has 1 aromatic carbocycles. The van der Waals surface area contributed by atoms with E-state index in [1.54, 1.807) is 68.4 Å². The fourth-order valence-corrected chi connectivity index (χ4v) is 2.93. The Hall–Kier alpha value is -3.34. The van der Waals surface area contributed by atoms with Crippen molar-refractivity contribution in [2.75, 3.05) is 0 Å². The molecule has 2 N–H and O–H groups in total. The maximum atomic E-state index is 12.7. The summed E-state index contributed by atoms with van der Waals surface area (Å²) in [4.78, 5) is 49.5. The summed E-state index contributed by atoms with van der Waals surface area (Å²) in [5, 5.41) is 0. The van der Waals surface area contributed by atoms with E-state index in [2.05, 4.69) is 0 Å². The summed E-state index contributed by atoms with van der Waals surface area (Å²) in [5.74, 6) is -1.51. The normalized spacial score (nSPS) is 14.8. The van der Waals surface area contributed by atoms with Crippen molar-refractivity contribution in [3.8, 4) is 11.5 Å². The Kier molecular flexibility index (Phi) is 12.4. The largest absolute Gasteiger partial charge is 0.514 e. The van der Waals surface area contributed by atoms with Crippen LogP contribution in [0, 0.1) is 11.8 Å². The molecule has 0 radical (unpaired) electrons. The molecule has 40 heavy (non-hydrogen) atoms. The maximum absolute atomic E-state index is 12.7. The fourth-order valence-electron chi connectivity index (χ4n) is 2.93. The Morgan fingerprint density at radius 1 is 0.725 bits per heavy atom. The highest BCUT2D eigenvalue weighted by molar-refractivity contribution is 5.76. The lowest BCUT2D eigenvalue weighted by molar-refractivity contribution is -0.169.